The summed E-state index contributed by atoms with van der Waals surface area (Å²) in [4.78, 5) is 11.7. The van der Waals surface area contributed by atoms with E-state index >= 15 is 0 Å². The van der Waals surface area contributed by atoms with Crippen LogP contribution in [0.3, 0.4) is 0 Å². The van der Waals surface area contributed by atoms with Crippen LogP contribution in [-0.4, -0.2) is 73.0 Å². The molecule has 2 heterocycles. The second-order valence-electron chi connectivity index (χ2n) is 6.92. The molecule has 1 fully saturated rings. The first-order valence-electron chi connectivity index (χ1n) is 10.3. The van der Waals surface area contributed by atoms with Gasteiger partial charge in [-0.1, -0.05) is 31.8 Å². The predicted molar refractivity (Wildman–Crippen MR) is 122 cm³/mol. The fourth-order valence-electron chi connectivity index (χ4n) is 3.56. The molecule has 0 amide bonds. The lowest BCUT2D eigenvalue weighted by Crippen LogP contribution is -2.49. The van der Waals surface area contributed by atoms with E-state index in [1.165, 1.54) is 12.8 Å². The quantitative estimate of drug-likeness (QED) is 0.285. The van der Waals surface area contributed by atoms with Gasteiger partial charge in [-0.2, -0.15) is 4.98 Å². The Balaban J connectivity index is 0.00000392. The number of halogens is 1. The van der Waals surface area contributed by atoms with Crippen molar-refractivity contribution in [2.24, 2.45) is 10.9 Å². The molecule has 9 heteroatoms. The van der Waals surface area contributed by atoms with Gasteiger partial charge >= 0.3 is 0 Å². The van der Waals surface area contributed by atoms with Crippen LogP contribution in [-0.2, 0) is 11.2 Å². The SMILES string of the molecule is CCNC(=NCC(C(CC)CC)N1CCOCC1)NCCc1nc(C)no1.I. The molecule has 0 bridgehead atoms. The Morgan fingerprint density at radius 1 is 1.18 bits per heavy atom. The van der Waals surface area contributed by atoms with Crippen molar-refractivity contribution in [3.8, 4) is 0 Å². The topological polar surface area (TPSA) is 87.8 Å². The lowest BCUT2D eigenvalue weighted by Gasteiger charge is -2.38. The number of aromatic nitrogens is 2. The zero-order valence-corrected chi connectivity index (χ0v) is 20.1. The van der Waals surface area contributed by atoms with Crippen LogP contribution in [0, 0.1) is 12.8 Å². The standard InChI is InChI=1S/C19H36N6O2.HI/c1-5-16(6-2)17(25-10-12-26-13-11-25)14-22-19(20-7-3)21-9-8-18-23-15(4)24-27-18;/h16-17H,5-14H2,1-4H3,(H2,20,21,22);1H. The summed E-state index contributed by atoms with van der Waals surface area (Å²) in [7, 11) is 0. The molecule has 0 aliphatic carbocycles. The van der Waals surface area contributed by atoms with E-state index in [1.54, 1.807) is 0 Å². The van der Waals surface area contributed by atoms with Gasteiger partial charge in [0.15, 0.2) is 11.8 Å². The molecule has 0 saturated carbocycles. The minimum absolute atomic E-state index is 0. The number of aryl methyl sites for hydroxylation is 1. The minimum Gasteiger partial charge on any atom is -0.379 e. The van der Waals surface area contributed by atoms with Gasteiger partial charge in [0.1, 0.15) is 0 Å². The highest BCUT2D eigenvalue weighted by Gasteiger charge is 2.26. The van der Waals surface area contributed by atoms with E-state index in [0.717, 1.165) is 45.4 Å². The number of rotatable bonds is 10. The largest absolute Gasteiger partial charge is 0.379 e. The molecule has 1 aliphatic rings. The Morgan fingerprint density at radius 3 is 2.46 bits per heavy atom. The molecule has 162 valence electrons. The monoisotopic (exact) mass is 508 g/mol. The molecular weight excluding hydrogens is 471 g/mol. The zero-order valence-electron chi connectivity index (χ0n) is 17.7. The van der Waals surface area contributed by atoms with Crippen molar-refractivity contribution in [1.29, 1.82) is 0 Å². The third kappa shape index (κ3) is 8.20. The van der Waals surface area contributed by atoms with E-state index in [1.807, 2.05) is 6.92 Å². The van der Waals surface area contributed by atoms with Crippen molar-refractivity contribution in [1.82, 2.24) is 25.7 Å². The molecule has 2 N–H and O–H groups in total. The van der Waals surface area contributed by atoms with Gasteiger partial charge in [-0.3, -0.25) is 9.89 Å². The van der Waals surface area contributed by atoms with Crippen LogP contribution in [0.4, 0.5) is 0 Å². The molecule has 8 nitrogen and oxygen atoms in total. The molecule has 0 spiro atoms. The fourth-order valence-corrected chi connectivity index (χ4v) is 3.56. The normalized spacial score (nSPS) is 16.7. The average Bonchev–Trinajstić information content (AvgIpc) is 3.10. The fraction of sp³-hybridized carbons (Fsp3) is 0.842. The second-order valence-corrected chi connectivity index (χ2v) is 6.92. The molecule has 28 heavy (non-hydrogen) atoms. The summed E-state index contributed by atoms with van der Waals surface area (Å²) >= 11 is 0. The van der Waals surface area contributed by atoms with E-state index in [-0.39, 0.29) is 24.0 Å². The number of morpholine rings is 1. The molecule has 1 saturated heterocycles. The maximum atomic E-state index is 5.54. The molecule has 0 aromatic carbocycles. The van der Waals surface area contributed by atoms with Crippen molar-refractivity contribution in [2.75, 3.05) is 45.9 Å². The van der Waals surface area contributed by atoms with Gasteiger partial charge in [-0.15, -0.1) is 24.0 Å². The van der Waals surface area contributed by atoms with Gasteiger partial charge in [0.05, 0.1) is 19.8 Å². The number of hydrogen-bond donors (Lipinski definition) is 2. The highest BCUT2D eigenvalue weighted by molar-refractivity contribution is 14.0. The van der Waals surface area contributed by atoms with Gasteiger partial charge in [-0.05, 0) is 19.8 Å². The first-order chi connectivity index (χ1) is 13.2. The molecular formula is C19H37IN6O2. The summed E-state index contributed by atoms with van der Waals surface area (Å²) in [6.07, 6.45) is 3.04. The summed E-state index contributed by atoms with van der Waals surface area (Å²) in [6, 6.07) is 0.456. The van der Waals surface area contributed by atoms with Crippen molar-refractivity contribution in [3.63, 3.8) is 0 Å². The lowest BCUT2D eigenvalue weighted by atomic mass is 9.92. The third-order valence-electron chi connectivity index (χ3n) is 5.09. The molecule has 1 aromatic heterocycles. The summed E-state index contributed by atoms with van der Waals surface area (Å²) < 4.78 is 10.7. The van der Waals surface area contributed by atoms with Crippen molar-refractivity contribution in [2.45, 2.75) is 53.0 Å². The average molecular weight is 508 g/mol. The summed E-state index contributed by atoms with van der Waals surface area (Å²) in [5.41, 5.74) is 0. The molecule has 2 rings (SSSR count). The number of nitrogens with zero attached hydrogens (tertiary/aromatic N) is 4. The summed E-state index contributed by atoms with van der Waals surface area (Å²) in [5.74, 6) is 2.82. The Kier molecular flexibility index (Phi) is 12.6. The smallest absolute Gasteiger partial charge is 0.228 e. The Hall–Kier alpha value is -0.940. The van der Waals surface area contributed by atoms with Gasteiger partial charge < -0.3 is 19.9 Å². The van der Waals surface area contributed by atoms with E-state index in [2.05, 4.69) is 46.4 Å². The summed E-state index contributed by atoms with van der Waals surface area (Å²) in [5, 5.41) is 10.5. The minimum atomic E-state index is 0. The Bertz CT molecular complexity index is 558. The van der Waals surface area contributed by atoms with E-state index in [0.29, 0.717) is 36.6 Å². The van der Waals surface area contributed by atoms with Crippen LogP contribution in [0.15, 0.2) is 9.52 Å². The number of aliphatic imine (C=N–C) groups is 1. The molecule has 1 aromatic rings. The maximum absolute atomic E-state index is 5.54. The molecule has 0 radical (unpaired) electrons. The lowest BCUT2D eigenvalue weighted by molar-refractivity contribution is 0.00395. The van der Waals surface area contributed by atoms with Gasteiger partial charge in [0, 0.05) is 38.6 Å². The zero-order chi connectivity index (χ0) is 19.5. The van der Waals surface area contributed by atoms with E-state index in [9.17, 15) is 0 Å². The van der Waals surface area contributed by atoms with Crippen LogP contribution in [0.5, 0.6) is 0 Å². The first kappa shape index (κ1) is 25.1. The Labute approximate surface area is 186 Å². The van der Waals surface area contributed by atoms with Crippen LogP contribution in [0.1, 0.15) is 45.3 Å². The van der Waals surface area contributed by atoms with Crippen LogP contribution < -0.4 is 10.6 Å². The van der Waals surface area contributed by atoms with Gasteiger partial charge in [-0.25, -0.2) is 0 Å². The second kappa shape index (κ2) is 14.1. The predicted octanol–water partition coefficient (Wildman–Crippen LogP) is 2.23. The number of nitrogens with one attached hydrogen (secondary N) is 2. The van der Waals surface area contributed by atoms with Crippen molar-refractivity contribution >= 4 is 29.9 Å². The van der Waals surface area contributed by atoms with Crippen LogP contribution >= 0.6 is 24.0 Å². The van der Waals surface area contributed by atoms with E-state index < -0.39 is 0 Å². The van der Waals surface area contributed by atoms with Crippen molar-refractivity contribution < 1.29 is 9.26 Å². The number of hydrogen-bond acceptors (Lipinski definition) is 6. The van der Waals surface area contributed by atoms with E-state index in [4.69, 9.17) is 14.3 Å². The Morgan fingerprint density at radius 2 is 1.89 bits per heavy atom. The molecule has 1 atom stereocenters. The third-order valence-corrected chi connectivity index (χ3v) is 5.09. The van der Waals surface area contributed by atoms with Gasteiger partial charge in [0.25, 0.3) is 0 Å². The van der Waals surface area contributed by atoms with Gasteiger partial charge in [0.2, 0.25) is 5.89 Å². The highest BCUT2D eigenvalue weighted by atomic mass is 127. The number of guanidine groups is 1. The van der Waals surface area contributed by atoms with Crippen LogP contribution in [0.25, 0.3) is 0 Å². The number of ether oxygens (including phenoxy) is 1. The summed E-state index contributed by atoms with van der Waals surface area (Å²) in [6.45, 7) is 14.4. The van der Waals surface area contributed by atoms with Crippen LogP contribution in [0.2, 0.25) is 0 Å². The molecule has 1 aliphatic heterocycles. The highest BCUT2D eigenvalue weighted by Crippen LogP contribution is 2.20. The molecule has 1 unspecified atom stereocenters. The van der Waals surface area contributed by atoms with Crippen molar-refractivity contribution in [3.05, 3.63) is 11.7 Å². The maximum Gasteiger partial charge on any atom is 0.228 e. The first-order valence-corrected chi connectivity index (χ1v) is 10.3.